The van der Waals surface area contributed by atoms with Crippen LogP contribution in [-0.4, -0.2) is 10.5 Å². The molecule has 0 heterocycles. The summed E-state index contributed by atoms with van der Waals surface area (Å²) in [7, 11) is 0. The van der Waals surface area contributed by atoms with E-state index in [9.17, 15) is 0 Å². The van der Waals surface area contributed by atoms with Crippen LogP contribution in [0.5, 0.6) is 0 Å². The molecule has 2 nitrogen and oxygen atoms in total. The maximum Gasteiger partial charge on any atom is 0.401 e. The number of rotatable bonds is 0. The van der Waals surface area contributed by atoms with E-state index in [0.717, 1.165) is 4.47 Å². The van der Waals surface area contributed by atoms with Crippen LogP contribution in [-0.2, 0) is 0 Å². The Morgan fingerprint density at radius 3 is 1.91 bits per heavy atom. The molecule has 4 heteroatoms. The molecule has 1 aromatic carbocycles. The summed E-state index contributed by atoms with van der Waals surface area (Å²) in [5.74, 6) is 0. The molecule has 60 valence electrons. The van der Waals surface area contributed by atoms with Gasteiger partial charge in [0, 0.05) is 16.1 Å². The minimum absolute atomic E-state index is 1.13. The summed E-state index contributed by atoms with van der Waals surface area (Å²) in [6, 6.07) is 9.97. The topological polar surface area (TPSA) is 37.3 Å². The quantitative estimate of drug-likeness (QED) is 0.703. The molecule has 0 bridgehead atoms. The highest BCUT2D eigenvalue weighted by Crippen LogP contribution is 2.05. The second-order valence-corrected chi connectivity index (χ2v) is 2.79. The second-order valence-electron chi connectivity index (χ2n) is 1.55. The molecular formula is C7H6BrClO2. The summed E-state index contributed by atoms with van der Waals surface area (Å²) in [6.07, 6.45) is 0. The molecule has 0 radical (unpaired) electrons. The predicted octanol–water partition coefficient (Wildman–Crippen LogP) is 3.35. The Labute approximate surface area is 77.9 Å². The van der Waals surface area contributed by atoms with Crippen molar-refractivity contribution in [3.8, 4) is 0 Å². The molecule has 1 N–H and O–H groups in total. The van der Waals surface area contributed by atoms with Gasteiger partial charge in [-0.3, -0.25) is 0 Å². The summed E-state index contributed by atoms with van der Waals surface area (Å²) < 4.78 is 1.13. The van der Waals surface area contributed by atoms with Crippen LogP contribution in [0.2, 0.25) is 0 Å². The Balaban J connectivity index is 0.000000218. The van der Waals surface area contributed by atoms with E-state index in [2.05, 4.69) is 27.5 Å². The standard InChI is InChI=1S/C6H5Br.CHClO2/c7-6-4-2-1-3-5-6;2-1(3)4/h1-5H;(H,3,4). The zero-order valence-electron chi connectivity index (χ0n) is 5.50. The van der Waals surface area contributed by atoms with Gasteiger partial charge in [0.25, 0.3) is 0 Å². The molecule has 0 saturated heterocycles. The molecule has 0 saturated carbocycles. The zero-order chi connectivity index (χ0) is 8.69. The highest BCUT2D eigenvalue weighted by Gasteiger charge is 1.74. The van der Waals surface area contributed by atoms with Crippen LogP contribution in [0.4, 0.5) is 4.79 Å². The van der Waals surface area contributed by atoms with E-state index < -0.39 is 5.43 Å². The molecule has 0 fully saturated rings. The number of hydrogen-bond acceptors (Lipinski definition) is 1. The summed E-state index contributed by atoms with van der Waals surface area (Å²) in [6.45, 7) is 0. The van der Waals surface area contributed by atoms with Crippen molar-refractivity contribution in [3.63, 3.8) is 0 Å². The summed E-state index contributed by atoms with van der Waals surface area (Å²) >= 11 is 7.50. The second kappa shape index (κ2) is 6.19. The van der Waals surface area contributed by atoms with Gasteiger partial charge in [-0.05, 0) is 12.1 Å². The SMILES string of the molecule is Brc1ccccc1.O=C(O)Cl. The molecule has 0 unspecified atom stereocenters. The van der Waals surface area contributed by atoms with E-state index in [1.165, 1.54) is 0 Å². The van der Waals surface area contributed by atoms with E-state index >= 15 is 0 Å². The minimum Gasteiger partial charge on any atom is -0.469 e. The lowest BCUT2D eigenvalue weighted by Crippen LogP contribution is -1.66. The van der Waals surface area contributed by atoms with Crippen molar-refractivity contribution < 1.29 is 9.90 Å². The predicted molar refractivity (Wildman–Crippen MR) is 48.0 cm³/mol. The molecule has 0 atom stereocenters. The van der Waals surface area contributed by atoms with Crippen LogP contribution < -0.4 is 0 Å². The van der Waals surface area contributed by atoms with Gasteiger partial charge in [0.2, 0.25) is 0 Å². The smallest absolute Gasteiger partial charge is 0.401 e. The summed E-state index contributed by atoms with van der Waals surface area (Å²) in [5.41, 5.74) is -1.36. The third kappa shape index (κ3) is 9.46. The number of hydrogen-bond donors (Lipinski definition) is 1. The maximum atomic E-state index is 8.77. The molecule has 0 spiro atoms. The minimum atomic E-state index is -1.36. The molecular weight excluding hydrogens is 231 g/mol. The molecule has 0 aliphatic rings. The van der Waals surface area contributed by atoms with Gasteiger partial charge in [-0.1, -0.05) is 34.1 Å². The number of benzene rings is 1. The van der Waals surface area contributed by atoms with Crippen molar-refractivity contribution in [2.45, 2.75) is 0 Å². The largest absolute Gasteiger partial charge is 0.469 e. The summed E-state index contributed by atoms with van der Waals surface area (Å²) in [4.78, 5) is 8.77. The Morgan fingerprint density at radius 2 is 1.73 bits per heavy atom. The Kier molecular flexibility index (Phi) is 5.88. The molecule has 0 aliphatic heterocycles. The maximum absolute atomic E-state index is 8.77. The number of carboxylic acid groups (broad SMARTS) is 1. The van der Waals surface area contributed by atoms with Crippen molar-refractivity contribution in [2.75, 3.05) is 0 Å². The third-order valence-electron chi connectivity index (χ3n) is 0.733. The first-order valence-electron chi connectivity index (χ1n) is 2.72. The fraction of sp³-hybridized carbons (Fsp3) is 0. The summed E-state index contributed by atoms with van der Waals surface area (Å²) in [5, 5.41) is 7.18. The van der Waals surface area contributed by atoms with Gasteiger partial charge in [-0.15, -0.1) is 0 Å². The lowest BCUT2D eigenvalue weighted by atomic mass is 10.4. The average Bonchev–Trinajstić information content (AvgIpc) is 1.87. The van der Waals surface area contributed by atoms with Crippen molar-refractivity contribution >= 4 is 33.0 Å². The highest BCUT2D eigenvalue weighted by molar-refractivity contribution is 9.10. The van der Waals surface area contributed by atoms with E-state index in [0.29, 0.717) is 0 Å². The van der Waals surface area contributed by atoms with Gasteiger partial charge in [0.05, 0.1) is 0 Å². The first-order valence-corrected chi connectivity index (χ1v) is 3.89. The average molecular weight is 237 g/mol. The first kappa shape index (κ1) is 10.5. The van der Waals surface area contributed by atoms with Crippen LogP contribution >= 0.6 is 27.5 Å². The van der Waals surface area contributed by atoms with E-state index in [1.807, 2.05) is 30.3 Å². The van der Waals surface area contributed by atoms with Crippen molar-refractivity contribution in [3.05, 3.63) is 34.8 Å². The lowest BCUT2D eigenvalue weighted by Gasteiger charge is -1.80. The Hall–Kier alpha value is -0.540. The van der Waals surface area contributed by atoms with Gasteiger partial charge in [0.15, 0.2) is 0 Å². The monoisotopic (exact) mass is 236 g/mol. The molecule has 1 aromatic rings. The van der Waals surface area contributed by atoms with Gasteiger partial charge < -0.3 is 5.11 Å². The zero-order valence-corrected chi connectivity index (χ0v) is 7.84. The van der Waals surface area contributed by atoms with Gasteiger partial charge in [-0.2, -0.15) is 0 Å². The van der Waals surface area contributed by atoms with E-state index in [1.54, 1.807) is 0 Å². The molecule has 0 aromatic heterocycles. The van der Waals surface area contributed by atoms with Crippen LogP contribution in [0.15, 0.2) is 34.8 Å². The number of carbonyl (C=O) groups is 1. The van der Waals surface area contributed by atoms with Gasteiger partial charge in [-0.25, -0.2) is 4.79 Å². The van der Waals surface area contributed by atoms with Gasteiger partial charge in [0.1, 0.15) is 0 Å². The fourth-order valence-electron chi connectivity index (χ4n) is 0.415. The van der Waals surface area contributed by atoms with E-state index in [4.69, 9.17) is 9.90 Å². The normalized spacial score (nSPS) is 7.82. The van der Waals surface area contributed by atoms with Crippen LogP contribution in [0.25, 0.3) is 0 Å². The first-order chi connectivity index (χ1) is 5.13. The van der Waals surface area contributed by atoms with Crippen LogP contribution in [0, 0.1) is 0 Å². The fourth-order valence-corrected chi connectivity index (χ4v) is 0.720. The van der Waals surface area contributed by atoms with Gasteiger partial charge >= 0.3 is 5.43 Å². The Morgan fingerprint density at radius 1 is 1.36 bits per heavy atom. The van der Waals surface area contributed by atoms with Crippen molar-refractivity contribution in [2.24, 2.45) is 0 Å². The van der Waals surface area contributed by atoms with Crippen molar-refractivity contribution in [1.29, 1.82) is 0 Å². The Bertz CT molecular complexity index is 209. The molecule has 0 amide bonds. The van der Waals surface area contributed by atoms with Crippen LogP contribution in [0.1, 0.15) is 0 Å². The lowest BCUT2D eigenvalue weighted by molar-refractivity contribution is 0.220. The highest BCUT2D eigenvalue weighted by atomic mass is 79.9. The van der Waals surface area contributed by atoms with Crippen LogP contribution in [0.3, 0.4) is 0 Å². The van der Waals surface area contributed by atoms with E-state index in [-0.39, 0.29) is 0 Å². The molecule has 11 heavy (non-hydrogen) atoms. The number of halogens is 2. The third-order valence-corrected chi connectivity index (χ3v) is 1.26. The van der Waals surface area contributed by atoms with Crippen molar-refractivity contribution in [1.82, 2.24) is 0 Å². The molecule has 0 aliphatic carbocycles. The molecule has 1 rings (SSSR count).